The van der Waals surface area contributed by atoms with Crippen molar-refractivity contribution in [1.29, 1.82) is 0 Å². The molecular weight excluding hydrogens is 488 g/mol. The predicted octanol–water partition coefficient (Wildman–Crippen LogP) is 6.57. The first-order valence-electron chi connectivity index (χ1n) is 12.8. The minimum atomic E-state index is -0.239. The number of oxazole rings is 1. The summed E-state index contributed by atoms with van der Waals surface area (Å²) in [6.07, 6.45) is 6.00. The average Bonchev–Trinajstić information content (AvgIpc) is 3.48. The van der Waals surface area contributed by atoms with Crippen molar-refractivity contribution in [2.45, 2.75) is 56.5 Å². The van der Waals surface area contributed by atoms with E-state index in [0.29, 0.717) is 18.4 Å². The molecular formula is C29H32N2O5S. The van der Waals surface area contributed by atoms with E-state index < -0.39 is 0 Å². The van der Waals surface area contributed by atoms with E-state index in [1.54, 1.807) is 14.2 Å². The molecule has 8 heteroatoms. The Balaban J connectivity index is 1.25. The Morgan fingerprint density at radius 3 is 2.62 bits per heavy atom. The van der Waals surface area contributed by atoms with E-state index in [-0.39, 0.29) is 22.5 Å². The van der Waals surface area contributed by atoms with Gasteiger partial charge in [-0.1, -0.05) is 61.0 Å². The Labute approximate surface area is 221 Å². The van der Waals surface area contributed by atoms with Crippen LogP contribution in [0.15, 0.2) is 59.0 Å². The largest absolute Gasteiger partial charge is 0.497 e. The molecule has 2 aromatic carbocycles. The SMILES string of the molecule is COc1cccc(-c2nc(COC3CCCC(CCC4SC(=O)N(C)C4=O)C3)c(-c3ccccc3)o2)c1. The first-order chi connectivity index (χ1) is 18.0. The van der Waals surface area contributed by atoms with E-state index in [9.17, 15) is 9.59 Å². The lowest BCUT2D eigenvalue weighted by molar-refractivity contribution is -0.125. The molecule has 0 spiro atoms. The standard InChI is InChI=1S/C29H32N2O5S/c1-31-28(32)25(37-29(31)33)15-14-19-8-6-13-23(16-19)35-18-24-26(20-9-4-3-5-10-20)36-27(30-24)21-11-7-12-22(17-21)34-2/h3-5,7,9-12,17,19,23,25H,6,8,13-16,18H2,1-2H3. The molecule has 7 nitrogen and oxygen atoms in total. The number of carbonyl (C=O) groups excluding carboxylic acids is 2. The summed E-state index contributed by atoms with van der Waals surface area (Å²) in [4.78, 5) is 30.1. The minimum absolute atomic E-state index is 0.0649. The van der Waals surface area contributed by atoms with Crippen LogP contribution in [0.4, 0.5) is 4.79 Å². The minimum Gasteiger partial charge on any atom is -0.497 e. The molecule has 1 aliphatic carbocycles. The molecule has 3 unspecified atom stereocenters. The van der Waals surface area contributed by atoms with Crippen LogP contribution < -0.4 is 4.74 Å². The molecule has 0 N–H and O–H groups in total. The highest BCUT2D eigenvalue weighted by Crippen LogP contribution is 2.36. The summed E-state index contributed by atoms with van der Waals surface area (Å²) >= 11 is 1.16. The third-order valence-corrected chi connectivity index (χ3v) is 8.40. The third kappa shape index (κ3) is 5.91. The van der Waals surface area contributed by atoms with Gasteiger partial charge in [-0.25, -0.2) is 4.98 Å². The van der Waals surface area contributed by atoms with Crippen LogP contribution in [0, 0.1) is 5.92 Å². The molecule has 2 amide bonds. The van der Waals surface area contributed by atoms with Crippen molar-refractivity contribution in [3.63, 3.8) is 0 Å². The Kier molecular flexibility index (Phi) is 7.96. The van der Waals surface area contributed by atoms with Crippen molar-refractivity contribution in [3.8, 4) is 28.5 Å². The highest BCUT2D eigenvalue weighted by Gasteiger charge is 2.37. The smallest absolute Gasteiger partial charge is 0.288 e. The monoisotopic (exact) mass is 520 g/mol. The number of hydrogen-bond donors (Lipinski definition) is 0. The van der Waals surface area contributed by atoms with E-state index in [2.05, 4.69) is 0 Å². The zero-order chi connectivity index (χ0) is 25.8. The van der Waals surface area contributed by atoms with Crippen molar-refractivity contribution < 1.29 is 23.5 Å². The number of nitrogens with zero attached hydrogens (tertiary/aromatic N) is 2. The number of ether oxygens (including phenoxy) is 2. The molecule has 1 aliphatic heterocycles. The molecule has 1 aromatic heterocycles. The van der Waals surface area contributed by atoms with Gasteiger partial charge in [-0.15, -0.1) is 0 Å². The maximum Gasteiger partial charge on any atom is 0.288 e. The topological polar surface area (TPSA) is 81.9 Å². The van der Waals surface area contributed by atoms with Gasteiger partial charge in [-0.3, -0.25) is 14.5 Å². The molecule has 1 saturated heterocycles. The summed E-state index contributed by atoms with van der Waals surface area (Å²) in [5.74, 6) is 2.43. The van der Waals surface area contributed by atoms with Crippen LogP contribution in [-0.4, -0.2) is 46.5 Å². The van der Waals surface area contributed by atoms with Crippen molar-refractivity contribution in [2.24, 2.45) is 5.92 Å². The van der Waals surface area contributed by atoms with Crippen LogP contribution in [0.1, 0.15) is 44.2 Å². The molecule has 2 aliphatic rings. The lowest BCUT2D eigenvalue weighted by Gasteiger charge is -2.29. The Bertz CT molecular complexity index is 1240. The number of imide groups is 1. The zero-order valence-corrected chi connectivity index (χ0v) is 22.0. The predicted molar refractivity (Wildman–Crippen MR) is 143 cm³/mol. The summed E-state index contributed by atoms with van der Waals surface area (Å²) in [6.45, 7) is 0.366. The zero-order valence-electron chi connectivity index (χ0n) is 21.2. The summed E-state index contributed by atoms with van der Waals surface area (Å²) < 4.78 is 18.0. The van der Waals surface area contributed by atoms with Gasteiger partial charge in [-0.05, 0) is 49.8 Å². The van der Waals surface area contributed by atoms with Crippen LogP contribution in [0.3, 0.4) is 0 Å². The number of carbonyl (C=O) groups is 2. The van der Waals surface area contributed by atoms with E-state index >= 15 is 0 Å². The number of amides is 2. The Morgan fingerprint density at radius 2 is 1.86 bits per heavy atom. The lowest BCUT2D eigenvalue weighted by atomic mass is 9.84. The van der Waals surface area contributed by atoms with Crippen molar-refractivity contribution in [3.05, 3.63) is 60.3 Å². The number of aromatic nitrogens is 1. The van der Waals surface area contributed by atoms with Crippen LogP contribution in [-0.2, 0) is 16.1 Å². The fourth-order valence-corrected chi connectivity index (χ4v) is 6.13. The molecule has 5 rings (SSSR count). The van der Waals surface area contributed by atoms with Gasteiger partial charge in [0, 0.05) is 18.2 Å². The Hall–Kier alpha value is -3.10. The summed E-state index contributed by atoms with van der Waals surface area (Å²) in [5, 5.41) is -0.382. The first kappa shape index (κ1) is 25.5. The second-order valence-corrected chi connectivity index (χ2v) is 10.9. The van der Waals surface area contributed by atoms with Crippen LogP contribution >= 0.6 is 11.8 Å². The van der Waals surface area contributed by atoms with Crippen LogP contribution in [0.5, 0.6) is 5.75 Å². The number of methoxy groups -OCH3 is 1. The van der Waals surface area contributed by atoms with Gasteiger partial charge in [0.1, 0.15) is 11.4 Å². The summed E-state index contributed by atoms with van der Waals surface area (Å²) in [7, 11) is 3.21. The maximum atomic E-state index is 12.2. The van der Waals surface area contributed by atoms with E-state index in [1.807, 2.05) is 54.6 Å². The maximum absolute atomic E-state index is 12.2. The summed E-state index contributed by atoms with van der Waals surface area (Å²) in [6, 6.07) is 17.7. The van der Waals surface area contributed by atoms with E-state index in [4.69, 9.17) is 18.9 Å². The van der Waals surface area contributed by atoms with Gasteiger partial charge in [0.15, 0.2) is 5.76 Å². The first-order valence-corrected chi connectivity index (χ1v) is 13.7. The molecule has 3 aromatic rings. The Morgan fingerprint density at radius 1 is 1.05 bits per heavy atom. The molecule has 37 heavy (non-hydrogen) atoms. The second kappa shape index (κ2) is 11.5. The van der Waals surface area contributed by atoms with Gasteiger partial charge < -0.3 is 13.9 Å². The number of thioether (sulfide) groups is 1. The fraction of sp³-hybridized carbons (Fsp3) is 0.414. The molecule has 194 valence electrons. The molecule has 2 heterocycles. The van der Waals surface area contributed by atoms with Gasteiger partial charge in [-0.2, -0.15) is 0 Å². The molecule has 0 radical (unpaired) electrons. The van der Waals surface area contributed by atoms with Crippen LogP contribution in [0.25, 0.3) is 22.8 Å². The number of benzene rings is 2. The second-order valence-electron chi connectivity index (χ2n) is 9.71. The highest BCUT2D eigenvalue weighted by atomic mass is 32.2. The molecule has 3 atom stereocenters. The number of rotatable bonds is 9. The fourth-order valence-electron chi connectivity index (χ4n) is 5.12. The van der Waals surface area contributed by atoms with Crippen molar-refractivity contribution >= 4 is 22.9 Å². The summed E-state index contributed by atoms with van der Waals surface area (Å²) in [5.41, 5.74) is 2.59. The van der Waals surface area contributed by atoms with Crippen LogP contribution in [0.2, 0.25) is 0 Å². The van der Waals surface area contributed by atoms with Crippen molar-refractivity contribution in [2.75, 3.05) is 14.2 Å². The van der Waals surface area contributed by atoms with E-state index in [1.165, 1.54) is 4.90 Å². The average molecular weight is 521 g/mol. The third-order valence-electron chi connectivity index (χ3n) is 7.20. The van der Waals surface area contributed by atoms with Crippen molar-refractivity contribution in [1.82, 2.24) is 9.88 Å². The van der Waals surface area contributed by atoms with Gasteiger partial charge >= 0.3 is 0 Å². The van der Waals surface area contributed by atoms with E-state index in [0.717, 1.165) is 78.6 Å². The number of hydrogen-bond acceptors (Lipinski definition) is 7. The lowest BCUT2D eigenvalue weighted by Crippen LogP contribution is -2.28. The molecule has 0 bridgehead atoms. The van der Waals surface area contributed by atoms with Gasteiger partial charge in [0.2, 0.25) is 11.8 Å². The molecule has 1 saturated carbocycles. The van der Waals surface area contributed by atoms with Gasteiger partial charge in [0.05, 0.1) is 25.1 Å². The normalized spacial score (nSPS) is 22.0. The highest BCUT2D eigenvalue weighted by molar-refractivity contribution is 8.15. The van der Waals surface area contributed by atoms with Gasteiger partial charge in [0.25, 0.3) is 5.24 Å². The quantitative estimate of drug-likeness (QED) is 0.316. The molecule has 2 fully saturated rings.